The van der Waals surface area contributed by atoms with Gasteiger partial charge in [-0.1, -0.05) is 6.07 Å². The zero-order chi connectivity index (χ0) is 11.4. The fourth-order valence-electron chi connectivity index (χ4n) is 1.02. The van der Waals surface area contributed by atoms with Gasteiger partial charge in [0.15, 0.2) is 0 Å². The Morgan fingerprint density at radius 3 is 2.73 bits per heavy atom. The number of hydrogen-bond acceptors (Lipinski definition) is 2. The number of anilines is 1. The molecule has 1 aromatic carbocycles. The van der Waals surface area contributed by atoms with E-state index in [4.69, 9.17) is 0 Å². The molecular formula is C11H14FNOS. The van der Waals surface area contributed by atoms with E-state index in [-0.39, 0.29) is 17.0 Å². The van der Waals surface area contributed by atoms with Crippen molar-refractivity contribution in [2.24, 2.45) is 0 Å². The molecule has 0 radical (unpaired) electrons. The molecule has 15 heavy (non-hydrogen) atoms. The molecule has 0 spiro atoms. The van der Waals surface area contributed by atoms with Gasteiger partial charge < -0.3 is 5.32 Å². The summed E-state index contributed by atoms with van der Waals surface area (Å²) in [5.74, 6) is -0.407. The zero-order valence-electron chi connectivity index (χ0n) is 9.00. The van der Waals surface area contributed by atoms with Crippen molar-refractivity contribution in [3.8, 4) is 0 Å². The molecule has 0 saturated heterocycles. The lowest BCUT2D eigenvalue weighted by Crippen LogP contribution is -2.22. The van der Waals surface area contributed by atoms with Crippen LogP contribution in [0, 0.1) is 12.7 Å². The first-order valence-corrected chi connectivity index (χ1v) is 5.93. The smallest absolute Gasteiger partial charge is 0.237 e. The predicted molar refractivity (Wildman–Crippen MR) is 62.7 cm³/mol. The Morgan fingerprint density at radius 1 is 1.53 bits per heavy atom. The Morgan fingerprint density at radius 2 is 2.20 bits per heavy atom. The summed E-state index contributed by atoms with van der Waals surface area (Å²) in [5.41, 5.74) is 1.08. The van der Waals surface area contributed by atoms with Crippen molar-refractivity contribution in [3.63, 3.8) is 0 Å². The maximum Gasteiger partial charge on any atom is 0.237 e. The minimum Gasteiger partial charge on any atom is -0.325 e. The topological polar surface area (TPSA) is 29.1 Å². The van der Waals surface area contributed by atoms with Crippen LogP contribution in [0.4, 0.5) is 10.1 Å². The highest BCUT2D eigenvalue weighted by atomic mass is 32.2. The van der Waals surface area contributed by atoms with E-state index in [0.29, 0.717) is 11.3 Å². The van der Waals surface area contributed by atoms with E-state index in [1.807, 2.05) is 13.2 Å². The van der Waals surface area contributed by atoms with Gasteiger partial charge in [-0.3, -0.25) is 4.79 Å². The van der Waals surface area contributed by atoms with Crippen LogP contribution in [0.15, 0.2) is 18.2 Å². The van der Waals surface area contributed by atoms with Crippen LogP contribution in [0.2, 0.25) is 0 Å². The normalized spacial score (nSPS) is 12.3. The Kier molecular flexibility index (Phi) is 4.15. The fraction of sp³-hybridized carbons (Fsp3) is 0.364. The van der Waals surface area contributed by atoms with Gasteiger partial charge in [-0.25, -0.2) is 4.39 Å². The Balaban J connectivity index is 2.73. The molecule has 82 valence electrons. The van der Waals surface area contributed by atoms with Gasteiger partial charge in [-0.05, 0) is 37.8 Å². The number of halogens is 1. The molecule has 0 fully saturated rings. The monoisotopic (exact) mass is 227 g/mol. The first-order chi connectivity index (χ1) is 7.04. The quantitative estimate of drug-likeness (QED) is 0.860. The van der Waals surface area contributed by atoms with Gasteiger partial charge in [-0.2, -0.15) is 11.8 Å². The molecule has 4 heteroatoms. The lowest BCUT2D eigenvalue weighted by molar-refractivity contribution is -0.115. The van der Waals surface area contributed by atoms with Gasteiger partial charge in [-0.15, -0.1) is 0 Å². The zero-order valence-corrected chi connectivity index (χ0v) is 9.82. The van der Waals surface area contributed by atoms with Crippen LogP contribution in [-0.4, -0.2) is 17.4 Å². The number of nitrogens with one attached hydrogen (secondary N) is 1. The number of rotatable bonds is 3. The second kappa shape index (κ2) is 5.16. The van der Waals surface area contributed by atoms with E-state index in [1.54, 1.807) is 19.1 Å². The van der Waals surface area contributed by atoms with Crippen molar-refractivity contribution in [2.75, 3.05) is 11.6 Å². The van der Waals surface area contributed by atoms with Crippen molar-refractivity contribution in [2.45, 2.75) is 19.1 Å². The second-order valence-electron chi connectivity index (χ2n) is 3.33. The largest absolute Gasteiger partial charge is 0.325 e. The van der Waals surface area contributed by atoms with Gasteiger partial charge in [0.25, 0.3) is 0 Å². The van der Waals surface area contributed by atoms with E-state index >= 15 is 0 Å². The van der Waals surface area contributed by atoms with Crippen molar-refractivity contribution < 1.29 is 9.18 Å². The van der Waals surface area contributed by atoms with Gasteiger partial charge in [0, 0.05) is 5.69 Å². The Bertz CT molecular complexity index is 368. The standard InChI is InChI=1S/C11H14FNOS/c1-7-4-5-9(6-10(7)12)13-11(14)8(2)15-3/h4-6,8H,1-3H3,(H,13,14). The van der Waals surface area contributed by atoms with Crippen LogP contribution in [0.25, 0.3) is 0 Å². The summed E-state index contributed by atoms with van der Waals surface area (Å²) in [4.78, 5) is 11.5. The Labute approximate surface area is 93.3 Å². The summed E-state index contributed by atoms with van der Waals surface area (Å²) >= 11 is 1.45. The van der Waals surface area contributed by atoms with Crippen LogP contribution < -0.4 is 5.32 Å². The van der Waals surface area contributed by atoms with Gasteiger partial charge in [0.1, 0.15) is 5.82 Å². The second-order valence-corrected chi connectivity index (χ2v) is 4.51. The maximum absolute atomic E-state index is 13.2. The third kappa shape index (κ3) is 3.23. The molecular weight excluding hydrogens is 213 g/mol. The maximum atomic E-state index is 13.2. The molecule has 0 saturated carbocycles. The predicted octanol–water partition coefficient (Wildman–Crippen LogP) is 2.82. The van der Waals surface area contributed by atoms with Gasteiger partial charge in [0.05, 0.1) is 5.25 Å². The molecule has 0 bridgehead atoms. The van der Waals surface area contributed by atoms with Crippen molar-refractivity contribution in [1.29, 1.82) is 0 Å². The number of benzene rings is 1. The van der Waals surface area contributed by atoms with Crippen LogP contribution >= 0.6 is 11.8 Å². The van der Waals surface area contributed by atoms with Crippen molar-refractivity contribution in [1.82, 2.24) is 0 Å². The minimum absolute atomic E-state index is 0.106. The molecule has 0 aliphatic heterocycles. The molecule has 2 nitrogen and oxygen atoms in total. The lowest BCUT2D eigenvalue weighted by Gasteiger charge is -2.10. The first kappa shape index (κ1) is 12.0. The van der Waals surface area contributed by atoms with E-state index < -0.39 is 0 Å². The van der Waals surface area contributed by atoms with Crippen molar-refractivity contribution in [3.05, 3.63) is 29.6 Å². The molecule has 0 heterocycles. The lowest BCUT2D eigenvalue weighted by atomic mass is 10.2. The molecule has 1 aromatic rings. The minimum atomic E-state index is -0.301. The van der Waals surface area contributed by atoms with Crippen LogP contribution in [0.1, 0.15) is 12.5 Å². The highest BCUT2D eigenvalue weighted by molar-refractivity contribution is 7.99. The first-order valence-electron chi connectivity index (χ1n) is 4.64. The SMILES string of the molecule is CSC(C)C(=O)Nc1ccc(C)c(F)c1. The molecule has 0 aromatic heterocycles. The third-order valence-corrected chi connectivity index (χ3v) is 3.08. The summed E-state index contributed by atoms with van der Waals surface area (Å²) < 4.78 is 13.2. The van der Waals surface area contributed by atoms with E-state index in [2.05, 4.69) is 5.32 Å². The molecule has 1 N–H and O–H groups in total. The highest BCUT2D eigenvalue weighted by Crippen LogP contribution is 2.15. The molecule has 1 unspecified atom stereocenters. The fourth-order valence-corrected chi connectivity index (χ4v) is 1.29. The van der Waals surface area contributed by atoms with Crippen molar-refractivity contribution >= 4 is 23.4 Å². The van der Waals surface area contributed by atoms with E-state index in [0.717, 1.165) is 0 Å². The number of thioether (sulfide) groups is 1. The van der Waals surface area contributed by atoms with E-state index in [9.17, 15) is 9.18 Å². The van der Waals surface area contributed by atoms with E-state index in [1.165, 1.54) is 17.8 Å². The molecule has 0 aliphatic carbocycles. The third-order valence-electron chi connectivity index (χ3n) is 2.16. The number of aryl methyl sites for hydroxylation is 1. The number of amides is 1. The van der Waals surface area contributed by atoms with Crippen LogP contribution in [0.3, 0.4) is 0 Å². The summed E-state index contributed by atoms with van der Waals surface area (Å²) in [6.45, 7) is 3.50. The van der Waals surface area contributed by atoms with Crippen LogP contribution in [0.5, 0.6) is 0 Å². The average Bonchev–Trinajstić information content (AvgIpc) is 2.22. The number of carbonyl (C=O) groups is 1. The molecule has 1 rings (SSSR count). The summed E-state index contributed by atoms with van der Waals surface area (Å²) in [6.07, 6.45) is 1.86. The van der Waals surface area contributed by atoms with Gasteiger partial charge >= 0.3 is 0 Å². The number of hydrogen-bond donors (Lipinski definition) is 1. The summed E-state index contributed by atoms with van der Waals surface area (Å²) in [7, 11) is 0. The Hall–Kier alpha value is -1.03. The highest BCUT2D eigenvalue weighted by Gasteiger charge is 2.11. The summed E-state index contributed by atoms with van der Waals surface area (Å²) in [6, 6.07) is 4.68. The number of carbonyl (C=O) groups excluding carboxylic acids is 1. The molecule has 0 aliphatic rings. The molecule has 1 atom stereocenters. The van der Waals surface area contributed by atoms with Gasteiger partial charge in [0.2, 0.25) is 5.91 Å². The summed E-state index contributed by atoms with van der Waals surface area (Å²) in [5, 5.41) is 2.53. The van der Waals surface area contributed by atoms with Crippen LogP contribution in [-0.2, 0) is 4.79 Å². The molecule has 1 amide bonds. The average molecular weight is 227 g/mol.